The van der Waals surface area contributed by atoms with E-state index in [1.807, 2.05) is 19.9 Å². The molecule has 10 heteroatoms. The Balaban J connectivity index is 1.72. The summed E-state index contributed by atoms with van der Waals surface area (Å²) in [5.74, 6) is -0.871. The number of sulfonamides is 1. The number of carbonyl (C=O) groups is 2. The largest absolute Gasteiger partial charge is 0.352 e. The number of benzene rings is 3. The molecule has 1 N–H and O–H groups in total. The molecule has 0 aliphatic heterocycles. The average Bonchev–Trinajstić information content (AvgIpc) is 3.44. The smallest absolute Gasteiger partial charge is 0.264 e. The maximum absolute atomic E-state index is 14.1. The van der Waals surface area contributed by atoms with E-state index in [4.69, 9.17) is 23.2 Å². The van der Waals surface area contributed by atoms with E-state index < -0.39 is 28.5 Å². The Morgan fingerprint density at radius 3 is 2.15 bits per heavy atom. The predicted octanol–water partition coefficient (Wildman–Crippen LogP) is 6.28. The van der Waals surface area contributed by atoms with Crippen molar-refractivity contribution in [3.05, 3.63) is 93.5 Å². The minimum absolute atomic E-state index is 0.0523. The monoisotopic (exact) mass is 615 g/mol. The number of rotatable bonds is 10. The molecule has 218 valence electrons. The molecule has 0 radical (unpaired) electrons. The molecule has 41 heavy (non-hydrogen) atoms. The highest BCUT2D eigenvalue weighted by atomic mass is 35.5. The Hall–Kier alpha value is -3.07. The van der Waals surface area contributed by atoms with Crippen molar-refractivity contribution in [2.24, 2.45) is 0 Å². The predicted molar refractivity (Wildman–Crippen MR) is 164 cm³/mol. The van der Waals surface area contributed by atoms with Gasteiger partial charge in [-0.2, -0.15) is 0 Å². The summed E-state index contributed by atoms with van der Waals surface area (Å²) in [6, 6.07) is 17.6. The third kappa shape index (κ3) is 7.42. The number of amides is 2. The van der Waals surface area contributed by atoms with Crippen LogP contribution in [0.5, 0.6) is 0 Å². The minimum atomic E-state index is -4.14. The fourth-order valence-electron chi connectivity index (χ4n) is 4.98. The van der Waals surface area contributed by atoms with Crippen molar-refractivity contribution in [1.29, 1.82) is 0 Å². The van der Waals surface area contributed by atoms with Crippen molar-refractivity contribution in [2.75, 3.05) is 10.8 Å². The van der Waals surface area contributed by atoms with E-state index >= 15 is 0 Å². The summed E-state index contributed by atoms with van der Waals surface area (Å²) < 4.78 is 29.0. The number of hydrogen-bond acceptors (Lipinski definition) is 4. The summed E-state index contributed by atoms with van der Waals surface area (Å²) in [5, 5.41) is 3.75. The van der Waals surface area contributed by atoms with Crippen molar-refractivity contribution >= 4 is 50.7 Å². The van der Waals surface area contributed by atoms with Gasteiger partial charge in [-0.3, -0.25) is 13.9 Å². The Bertz CT molecular complexity index is 1490. The van der Waals surface area contributed by atoms with E-state index in [2.05, 4.69) is 5.32 Å². The van der Waals surface area contributed by atoms with E-state index in [0.29, 0.717) is 21.3 Å². The van der Waals surface area contributed by atoms with Gasteiger partial charge in [0.05, 0.1) is 10.6 Å². The lowest BCUT2D eigenvalue weighted by Crippen LogP contribution is -2.52. The summed E-state index contributed by atoms with van der Waals surface area (Å²) in [6.45, 7) is 4.77. The van der Waals surface area contributed by atoms with Crippen LogP contribution in [0, 0.1) is 13.8 Å². The first-order valence-corrected chi connectivity index (χ1v) is 15.9. The summed E-state index contributed by atoms with van der Waals surface area (Å²) in [5.41, 5.74) is 2.57. The second-order valence-corrected chi connectivity index (χ2v) is 13.2. The highest BCUT2D eigenvalue weighted by Gasteiger charge is 2.34. The van der Waals surface area contributed by atoms with Crippen LogP contribution in [-0.4, -0.2) is 43.8 Å². The quantitative estimate of drug-likeness (QED) is 0.291. The third-order valence-electron chi connectivity index (χ3n) is 7.44. The maximum atomic E-state index is 14.1. The molecule has 0 bridgehead atoms. The van der Waals surface area contributed by atoms with Crippen LogP contribution in [0.15, 0.2) is 71.6 Å². The normalized spacial score (nSPS) is 14.5. The molecule has 1 atom stereocenters. The second kappa shape index (κ2) is 13.3. The lowest BCUT2D eigenvalue weighted by atomic mass is 10.1. The molecule has 4 rings (SSSR count). The first kappa shape index (κ1) is 30.9. The van der Waals surface area contributed by atoms with Gasteiger partial charge in [0.1, 0.15) is 12.6 Å². The number of aryl methyl sites for hydroxylation is 2. The molecule has 1 aliphatic carbocycles. The maximum Gasteiger partial charge on any atom is 0.264 e. The van der Waals surface area contributed by atoms with Gasteiger partial charge in [0.15, 0.2) is 0 Å². The zero-order chi connectivity index (χ0) is 29.7. The second-order valence-electron chi connectivity index (χ2n) is 10.6. The molecule has 0 heterocycles. The highest BCUT2D eigenvalue weighted by Crippen LogP contribution is 2.29. The number of nitrogens with zero attached hydrogens (tertiary/aromatic N) is 2. The fourth-order valence-corrected chi connectivity index (χ4v) is 6.90. The third-order valence-corrected chi connectivity index (χ3v) is 9.93. The van der Waals surface area contributed by atoms with Gasteiger partial charge in [0, 0.05) is 28.2 Å². The van der Waals surface area contributed by atoms with Crippen molar-refractivity contribution in [1.82, 2.24) is 10.2 Å². The van der Waals surface area contributed by atoms with Crippen LogP contribution >= 0.6 is 23.2 Å². The van der Waals surface area contributed by atoms with Crippen LogP contribution in [0.4, 0.5) is 5.69 Å². The number of carbonyl (C=O) groups excluding carboxylic acids is 2. The number of hydrogen-bond donors (Lipinski definition) is 1. The lowest BCUT2D eigenvalue weighted by molar-refractivity contribution is -0.139. The summed E-state index contributed by atoms with van der Waals surface area (Å²) in [4.78, 5) is 28.9. The van der Waals surface area contributed by atoms with Crippen molar-refractivity contribution in [3.63, 3.8) is 0 Å². The standard InChI is InChI=1S/C31H35Cl2N3O4S/c1-21-14-16-26(17-15-21)41(39,40)36(25-11-6-8-22(2)18-25)20-30(37)35(19-27-28(32)12-7-13-29(27)33)23(3)31(38)34-24-9-4-5-10-24/h6-8,11-18,23-24H,4-5,9-10,19-20H2,1-3H3,(H,34,38)/t23-/m1/s1. The van der Waals surface area contributed by atoms with Crippen molar-refractivity contribution < 1.29 is 18.0 Å². The Kier molecular flexibility index (Phi) is 10.00. The van der Waals surface area contributed by atoms with Crippen LogP contribution in [0.25, 0.3) is 0 Å². The van der Waals surface area contributed by atoms with Gasteiger partial charge >= 0.3 is 0 Å². The number of nitrogens with one attached hydrogen (secondary N) is 1. The van der Waals surface area contributed by atoms with Crippen LogP contribution in [0.2, 0.25) is 10.0 Å². The molecule has 1 saturated carbocycles. The van der Waals surface area contributed by atoms with Crippen LogP contribution < -0.4 is 9.62 Å². The summed E-state index contributed by atoms with van der Waals surface area (Å²) in [6.07, 6.45) is 3.86. The summed E-state index contributed by atoms with van der Waals surface area (Å²) >= 11 is 12.9. The molecule has 1 fully saturated rings. The van der Waals surface area contributed by atoms with E-state index in [-0.39, 0.29) is 23.4 Å². The molecule has 3 aromatic carbocycles. The molecular weight excluding hydrogens is 581 g/mol. The molecule has 0 aromatic heterocycles. The zero-order valence-corrected chi connectivity index (χ0v) is 25.8. The molecule has 0 unspecified atom stereocenters. The van der Waals surface area contributed by atoms with Gasteiger partial charge in [-0.05, 0) is 75.6 Å². The molecule has 0 saturated heterocycles. The molecule has 3 aromatic rings. The first-order valence-electron chi connectivity index (χ1n) is 13.7. The average molecular weight is 617 g/mol. The molecular formula is C31H35Cl2N3O4S. The van der Waals surface area contributed by atoms with Crippen LogP contribution in [-0.2, 0) is 26.2 Å². The van der Waals surface area contributed by atoms with Gasteiger partial charge in [0.25, 0.3) is 10.0 Å². The molecule has 2 amide bonds. The Morgan fingerprint density at radius 2 is 1.54 bits per heavy atom. The highest BCUT2D eigenvalue weighted by molar-refractivity contribution is 7.92. The van der Waals surface area contributed by atoms with Crippen molar-refractivity contribution in [2.45, 2.75) is 70.0 Å². The van der Waals surface area contributed by atoms with Gasteiger partial charge in [-0.1, -0.05) is 71.9 Å². The topological polar surface area (TPSA) is 86.8 Å². The molecule has 0 spiro atoms. The van der Waals surface area contributed by atoms with E-state index in [9.17, 15) is 18.0 Å². The van der Waals surface area contributed by atoms with E-state index in [0.717, 1.165) is 41.1 Å². The zero-order valence-electron chi connectivity index (χ0n) is 23.4. The van der Waals surface area contributed by atoms with Crippen LogP contribution in [0.1, 0.15) is 49.3 Å². The summed E-state index contributed by atoms with van der Waals surface area (Å²) in [7, 11) is -4.14. The first-order chi connectivity index (χ1) is 19.5. The van der Waals surface area contributed by atoms with Crippen molar-refractivity contribution in [3.8, 4) is 0 Å². The molecule has 7 nitrogen and oxygen atoms in total. The minimum Gasteiger partial charge on any atom is -0.352 e. The Morgan fingerprint density at radius 1 is 0.927 bits per heavy atom. The lowest BCUT2D eigenvalue weighted by Gasteiger charge is -2.33. The van der Waals surface area contributed by atoms with Gasteiger partial charge in [0.2, 0.25) is 11.8 Å². The molecule has 1 aliphatic rings. The number of anilines is 1. The number of halogens is 2. The van der Waals surface area contributed by atoms with E-state index in [1.165, 1.54) is 17.0 Å². The van der Waals surface area contributed by atoms with Gasteiger partial charge in [-0.25, -0.2) is 8.42 Å². The van der Waals surface area contributed by atoms with Gasteiger partial charge in [-0.15, -0.1) is 0 Å². The van der Waals surface area contributed by atoms with Crippen LogP contribution in [0.3, 0.4) is 0 Å². The SMILES string of the molecule is Cc1ccc(S(=O)(=O)N(CC(=O)N(Cc2c(Cl)cccc2Cl)[C@H](C)C(=O)NC2CCCC2)c2cccc(C)c2)cc1. The Labute approximate surface area is 252 Å². The van der Waals surface area contributed by atoms with Gasteiger partial charge < -0.3 is 10.2 Å². The fraction of sp³-hybridized carbons (Fsp3) is 0.355. The van der Waals surface area contributed by atoms with E-state index in [1.54, 1.807) is 55.5 Å².